The van der Waals surface area contributed by atoms with E-state index in [1.165, 1.54) is 6.08 Å². The molecular weight excluding hydrogens is 138 g/mol. The third-order valence-corrected chi connectivity index (χ3v) is 1.47. The van der Waals surface area contributed by atoms with Gasteiger partial charge in [-0.05, 0) is 19.3 Å². The topological polar surface area (TPSA) is 44.0 Å². The van der Waals surface area contributed by atoms with Gasteiger partial charge in [-0.15, -0.1) is 0 Å². The van der Waals surface area contributed by atoms with E-state index >= 15 is 0 Å². The summed E-state index contributed by atoms with van der Waals surface area (Å²) in [6.45, 7) is 0.300. The van der Waals surface area contributed by atoms with E-state index in [0.29, 0.717) is 6.61 Å². The van der Waals surface area contributed by atoms with E-state index in [2.05, 4.69) is 0 Å². The number of allylic oxidation sites excluding steroid dienone is 2. The SMILES string of the molecule is N#C/C=C/CCCCCCO. The number of aliphatic hydroxyl groups is 1. The van der Waals surface area contributed by atoms with Gasteiger partial charge in [0.05, 0.1) is 6.07 Å². The monoisotopic (exact) mass is 153 g/mol. The minimum atomic E-state index is 0.300. The predicted octanol–water partition coefficient (Wildman–Crippen LogP) is 2.01. The van der Waals surface area contributed by atoms with Gasteiger partial charge in [0.2, 0.25) is 0 Å². The maximum atomic E-state index is 8.45. The molecule has 0 amide bonds. The highest BCUT2D eigenvalue weighted by Gasteiger charge is 1.85. The molecule has 0 aromatic rings. The standard InChI is InChI=1S/C9H15NO/c10-8-6-4-2-1-3-5-7-9-11/h4,6,11H,1-3,5,7,9H2/b6-4+. The van der Waals surface area contributed by atoms with Crippen LogP contribution in [0, 0.1) is 11.3 Å². The molecule has 1 N–H and O–H groups in total. The average molecular weight is 153 g/mol. The summed E-state index contributed by atoms with van der Waals surface area (Å²) in [7, 11) is 0. The summed E-state index contributed by atoms with van der Waals surface area (Å²) in [5.74, 6) is 0. The van der Waals surface area contributed by atoms with Gasteiger partial charge in [0, 0.05) is 12.7 Å². The number of unbranched alkanes of at least 4 members (excludes halogenated alkanes) is 4. The molecule has 0 heterocycles. The van der Waals surface area contributed by atoms with Crippen molar-refractivity contribution in [3.63, 3.8) is 0 Å². The molecule has 2 heteroatoms. The van der Waals surface area contributed by atoms with Gasteiger partial charge >= 0.3 is 0 Å². The summed E-state index contributed by atoms with van der Waals surface area (Å²) in [4.78, 5) is 0. The molecule has 0 spiro atoms. The molecule has 0 bridgehead atoms. The maximum Gasteiger partial charge on any atom is 0.0908 e. The fraction of sp³-hybridized carbons (Fsp3) is 0.667. The van der Waals surface area contributed by atoms with Gasteiger partial charge in [0.25, 0.3) is 0 Å². The van der Waals surface area contributed by atoms with Crippen molar-refractivity contribution in [1.29, 1.82) is 5.26 Å². The van der Waals surface area contributed by atoms with Crippen molar-refractivity contribution in [3.8, 4) is 6.07 Å². The fourth-order valence-corrected chi connectivity index (χ4v) is 0.864. The molecule has 0 aliphatic rings. The molecule has 0 radical (unpaired) electrons. The second-order valence-electron chi connectivity index (χ2n) is 2.46. The molecule has 0 aliphatic carbocycles. The highest BCUT2D eigenvalue weighted by atomic mass is 16.2. The summed E-state index contributed by atoms with van der Waals surface area (Å²) < 4.78 is 0. The summed E-state index contributed by atoms with van der Waals surface area (Å²) in [6.07, 6.45) is 8.66. The zero-order valence-electron chi connectivity index (χ0n) is 6.79. The Morgan fingerprint density at radius 1 is 1.18 bits per heavy atom. The van der Waals surface area contributed by atoms with Crippen molar-refractivity contribution < 1.29 is 5.11 Å². The van der Waals surface area contributed by atoms with Crippen LogP contribution in [0.3, 0.4) is 0 Å². The smallest absolute Gasteiger partial charge is 0.0908 e. The van der Waals surface area contributed by atoms with Crippen molar-refractivity contribution in [2.24, 2.45) is 0 Å². The zero-order chi connectivity index (χ0) is 8.36. The van der Waals surface area contributed by atoms with E-state index in [1.54, 1.807) is 0 Å². The Morgan fingerprint density at radius 2 is 1.91 bits per heavy atom. The van der Waals surface area contributed by atoms with Gasteiger partial charge in [-0.3, -0.25) is 0 Å². The Labute approximate surface area is 68.2 Å². The Kier molecular flexibility index (Phi) is 8.51. The van der Waals surface area contributed by atoms with Crippen LogP contribution in [0.1, 0.15) is 32.1 Å². The molecule has 2 nitrogen and oxygen atoms in total. The first-order valence-corrected chi connectivity index (χ1v) is 4.07. The Hall–Kier alpha value is -0.810. The van der Waals surface area contributed by atoms with Gasteiger partial charge in [0.1, 0.15) is 0 Å². The van der Waals surface area contributed by atoms with E-state index in [-0.39, 0.29) is 0 Å². The van der Waals surface area contributed by atoms with E-state index in [0.717, 1.165) is 32.1 Å². The predicted molar refractivity (Wildman–Crippen MR) is 44.9 cm³/mol. The number of hydrogen-bond acceptors (Lipinski definition) is 2. The van der Waals surface area contributed by atoms with Gasteiger partial charge in [-0.25, -0.2) is 0 Å². The van der Waals surface area contributed by atoms with Gasteiger partial charge < -0.3 is 5.11 Å². The molecule has 0 rings (SSSR count). The van der Waals surface area contributed by atoms with E-state index in [9.17, 15) is 0 Å². The quantitative estimate of drug-likeness (QED) is 0.468. The summed E-state index contributed by atoms with van der Waals surface area (Å²) in [5, 5.41) is 16.6. The summed E-state index contributed by atoms with van der Waals surface area (Å²) in [5.41, 5.74) is 0. The van der Waals surface area contributed by atoms with Crippen LogP contribution in [-0.2, 0) is 0 Å². The Morgan fingerprint density at radius 3 is 2.55 bits per heavy atom. The molecule has 11 heavy (non-hydrogen) atoms. The van der Waals surface area contributed by atoms with Crippen molar-refractivity contribution in [1.82, 2.24) is 0 Å². The highest BCUT2D eigenvalue weighted by Crippen LogP contribution is 2.02. The third-order valence-electron chi connectivity index (χ3n) is 1.47. The van der Waals surface area contributed by atoms with Crippen LogP contribution in [0.5, 0.6) is 0 Å². The van der Waals surface area contributed by atoms with Crippen LogP contribution < -0.4 is 0 Å². The molecule has 62 valence electrons. The van der Waals surface area contributed by atoms with Crippen molar-refractivity contribution in [3.05, 3.63) is 12.2 Å². The maximum absolute atomic E-state index is 8.45. The number of nitrogens with zero attached hydrogens (tertiary/aromatic N) is 1. The first-order valence-electron chi connectivity index (χ1n) is 4.07. The lowest BCUT2D eigenvalue weighted by Gasteiger charge is -1.94. The van der Waals surface area contributed by atoms with Crippen molar-refractivity contribution >= 4 is 0 Å². The molecule has 0 atom stereocenters. The van der Waals surface area contributed by atoms with Crippen LogP contribution >= 0.6 is 0 Å². The molecule has 0 saturated carbocycles. The van der Waals surface area contributed by atoms with Crippen LogP contribution in [0.2, 0.25) is 0 Å². The second-order valence-corrected chi connectivity index (χ2v) is 2.46. The van der Waals surface area contributed by atoms with Crippen LogP contribution in [0.15, 0.2) is 12.2 Å². The number of nitriles is 1. The minimum absolute atomic E-state index is 0.300. The molecule has 0 saturated heterocycles. The Bertz CT molecular complexity index is 135. The highest BCUT2D eigenvalue weighted by molar-refractivity contribution is 5.01. The lowest BCUT2D eigenvalue weighted by Crippen LogP contribution is -1.82. The van der Waals surface area contributed by atoms with Gasteiger partial charge in [-0.2, -0.15) is 5.26 Å². The minimum Gasteiger partial charge on any atom is -0.396 e. The molecule has 0 unspecified atom stereocenters. The van der Waals surface area contributed by atoms with E-state index in [1.807, 2.05) is 12.1 Å². The van der Waals surface area contributed by atoms with Gasteiger partial charge in [-0.1, -0.05) is 18.9 Å². The fourth-order valence-electron chi connectivity index (χ4n) is 0.864. The van der Waals surface area contributed by atoms with Crippen LogP contribution in [-0.4, -0.2) is 11.7 Å². The lowest BCUT2D eigenvalue weighted by atomic mass is 10.1. The Balaban J connectivity index is 2.92. The molecular formula is C9H15NO. The number of aliphatic hydroxyl groups excluding tert-OH is 1. The zero-order valence-corrected chi connectivity index (χ0v) is 6.79. The normalized spacial score (nSPS) is 10.2. The molecule has 0 aromatic heterocycles. The second kappa shape index (κ2) is 9.19. The third kappa shape index (κ3) is 9.19. The first-order chi connectivity index (χ1) is 5.41. The van der Waals surface area contributed by atoms with Crippen LogP contribution in [0.4, 0.5) is 0 Å². The summed E-state index contributed by atoms with van der Waals surface area (Å²) in [6, 6.07) is 1.95. The van der Waals surface area contributed by atoms with E-state index in [4.69, 9.17) is 10.4 Å². The van der Waals surface area contributed by atoms with Crippen LogP contribution in [0.25, 0.3) is 0 Å². The number of hydrogen-bond donors (Lipinski definition) is 1. The largest absolute Gasteiger partial charge is 0.396 e. The molecule has 0 fully saturated rings. The summed E-state index contributed by atoms with van der Waals surface area (Å²) >= 11 is 0. The number of rotatable bonds is 6. The lowest BCUT2D eigenvalue weighted by molar-refractivity contribution is 0.282. The average Bonchev–Trinajstić information content (AvgIpc) is 2.03. The van der Waals surface area contributed by atoms with Gasteiger partial charge in [0.15, 0.2) is 0 Å². The van der Waals surface area contributed by atoms with Crippen molar-refractivity contribution in [2.45, 2.75) is 32.1 Å². The molecule has 0 aromatic carbocycles. The van der Waals surface area contributed by atoms with Crippen molar-refractivity contribution in [2.75, 3.05) is 6.61 Å². The van der Waals surface area contributed by atoms with E-state index < -0.39 is 0 Å². The molecule has 0 aliphatic heterocycles. The first kappa shape index (κ1) is 10.2.